The van der Waals surface area contributed by atoms with E-state index in [1.807, 2.05) is 12.1 Å². The number of halogens is 1. The van der Waals surface area contributed by atoms with Crippen LogP contribution in [0.25, 0.3) is 5.65 Å². The Labute approximate surface area is 335 Å². The number of piperidine rings is 1. The summed E-state index contributed by atoms with van der Waals surface area (Å²) < 4.78 is 14.8. The van der Waals surface area contributed by atoms with E-state index < -0.39 is 17.6 Å². The normalized spacial score (nSPS) is 21.7. The molecule has 300 valence electrons. The number of nitrogens with one attached hydrogen (secondary N) is 2. The van der Waals surface area contributed by atoms with Gasteiger partial charge in [0.15, 0.2) is 5.65 Å². The Bertz CT molecular complexity index is 2240. The summed E-state index contributed by atoms with van der Waals surface area (Å²) in [6, 6.07) is 13.4. The molecule has 0 radical (unpaired) electrons. The number of ether oxygens (including phenoxy) is 2. The molecular weight excluding hydrogens is 750 g/mol. The van der Waals surface area contributed by atoms with Crippen LogP contribution in [0.15, 0.2) is 59.7 Å². The number of piperazine rings is 1. The maximum Gasteiger partial charge on any atom is 0.351 e. The minimum absolute atomic E-state index is 0.148. The third-order valence-electron chi connectivity index (χ3n) is 11.5. The Kier molecular flexibility index (Phi) is 11.3. The number of hydrogen-bond donors (Lipinski definition) is 2. The summed E-state index contributed by atoms with van der Waals surface area (Å²) >= 11 is 6.24. The number of nitriles is 1. The van der Waals surface area contributed by atoms with Gasteiger partial charge in [-0.2, -0.15) is 9.94 Å². The quantitative estimate of drug-likeness (QED) is 0.145. The number of carbonyl (C=O) groups excluding carboxylic acids is 3. The van der Waals surface area contributed by atoms with Crippen LogP contribution in [-0.2, 0) is 9.59 Å². The molecule has 7 rings (SSSR count). The number of anilines is 1. The summed E-state index contributed by atoms with van der Waals surface area (Å²) in [5.74, 6) is 0.949. The summed E-state index contributed by atoms with van der Waals surface area (Å²) in [7, 11) is 0. The summed E-state index contributed by atoms with van der Waals surface area (Å²) in [6.07, 6.45) is 6.34. The largest absolute Gasteiger partial charge is 0.492 e. The lowest BCUT2D eigenvalue weighted by Gasteiger charge is -2.63. The van der Waals surface area contributed by atoms with Crippen LogP contribution in [0.1, 0.15) is 81.8 Å². The fourth-order valence-electron chi connectivity index (χ4n) is 8.70. The van der Waals surface area contributed by atoms with Gasteiger partial charge in [0.1, 0.15) is 35.5 Å². The molecule has 4 aromatic rings. The predicted molar refractivity (Wildman–Crippen MR) is 213 cm³/mol. The number of rotatable bonds is 13. The Morgan fingerprint density at radius 2 is 1.75 bits per heavy atom. The molecule has 5 heterocycles. The highest BCUT2D eigenvalue weighted by atomic mass is 35.5. The van der Waals surface area contributed by atoms with Gasteiger partial charge in [0, 0.05) is 61.7 Å². The van der Waals surface area contributed by atoms with Gasteiger partial charge in [-0.1, -0.05) is 39.3 Å². The molecule has 16 heteroatoms. The van der Waals surface area contributed by atoms with Crippen LogP contribution in [0.4, 0.5) is 5.82 Å². The lowest BCUT2D eigenvalue weighted by atomic mass is 9.49. The molecule has 1 aliphatic carbocycles. The zero-order valence-corrected chi connectivity index (χ0v) is 33.4. The number of benzene rings is 1. The molecule has 1 aromatic carbocycles. The standard InChI is InChI=1S/C41H48ClN9O6/c1-40(2)37(41(3,4)38(40)57-28-10-8-26(23-43)30(42)22-28)46-35(53)27-9-13-32(44-24-27)49-19-17-48(18-20-49)16-6-5-7-21-56-29-11-14-33-47-51(39(55)50(33)25-29)31-12-15-34(52)45-36(31)54/h8-11,13-14,22,24-25,31,37-38H,5-7,12,15-21H2,1-4H3,(H,46,53)(H,45,52,54). The molecule has 3 aliphatic rings. The second kappa shape index (κ2) is 16.2. The van der Waals surface area contributed by atoms with Gasteiger partial charge >= 0.3 is 5.69 Å². The summed E-state index contributed by atoms with van der Waals surface area (Å²) in [5, 5.41) is 19.3. The lowest BCUT2D eigenvalue weighted by Crippen LogP contribution is -2.74. The van der Waals surface area contributed by atoms with Gasteiger partial charge < -0.3 is 19.7 Å². The van der Waals surface area contributed by atoms with E-state index in [9.17, 15) is 24.4 Å². The van der Waals surface area contributed by atoms with Crippen LogP contribution in [0.3, 0.4) is 0 Å². The number of hydrogen-bond acceptors (Lipinski definition) is 11. The smallest absolute Gasteiger partial charge is 0.351 e. The molecule has 3 aromatic heterocycles. The first-order chi connectivity index (χ1) is 27.3. The fourth-order valence-corrected chi connectivity index (χ4v) is 8.91. The van der Waals surface area contributed by atoms with Crippen molar-refractivity contribution in [1.82, 2.24) is 34.7 Å². The number of amides is 3. The van der Waals surface area contributed by atoms with Crippen molar-refractivity contribution >= 4 is 40.8 Å². The average Bonchev–Trinajstić information content (AvgIpc) is 3.52. The zero-order valence-electron chi connectivity index (χ0n) is 32.7. The second-order valence-corrected chi connectivity index (χ2v) is 16.6. The molecule has 3 amide bonds. The van der Waals surface area contributed by atoms with Gasteiger partial charge in [0.25, 0.3) is 11.8 Å². The van der Waals surface area contributed by atoms with E-state index in [0.717, 1.165) is 62.5 Å². The van der Waals surface area contributed by atoms with E-state index in [1.54, 1.807) is 42.7 Å². The minimum atomic E-state index is -0.814. The zero-order chi connectivity index (χ0) is 40.5. The molecule has 15 nitrogen and oxygen atoms in total. The van der Waals surface area contributed by atoms with Crippen LogP contribution >= 0.6 is 11.6 Å². The Hall–Kier alpha value is -5.46. The Morgan fingerprint density at radius 1 is 1.00 bits per heavy atom. The highest BCUT2D eigenvalue weighted by molar-refractivity contribution is 6.31. The first-order valence-electron chi connectivity index (χ1n) is 19.4. The number of imide groups is 1. The van der Waals surface area contributed by atoms with E-state index >= 15 is 0 Å². The minimum Gasteiger partial charge on any atom is -0.492 e. The third-order valence-corrected chi connectivity index (χ3v) is 11.9. The number of aromatic nitrogens is 4. The molecule has 1 unspecified atom stereocenters. The van der Waals surface area contributed by atoms with Crippen molar-refractivity contribution in [3.63, 3.8) is 0 Å². The molecule has 2 aliphatic heterocycles. The van der Waals surface area contributed by atoms with Gasteiger partial charge in [-0.05, 0) is 68.6 Å². The maximum absolute atomic E-state index is 13.4. The van der Waals surface area contributed by atoms with Gasteiger partial charge in [-0.15, -0.1) is 5.10 Å². The highest BCUT2D eigenvalue weighted by Crippen LogP contribution is 2.55. The van der Waals surface area contributed by atoms with Crippen LogP contribution in [0.2, 0.25) is 5.02 Å². The first-order valence-corrected chi connectivity index (χ1v) is 19.8. The van der Waals surface area contributed by atoms with Crippen molar-refractivity contribution in [2.24, 2.45) is 10.8 Å². The molecule has 3 fully saturated rings. The number of fused-ring (bicyclic) bond motifs is 1. The number of carbonyl (C=O) groups is 3. The molecule has 2 saturated heterocycles. The average molecular weight is 798 g/mol. The van der Waals surface area contributed by atoms with Crippen LogP contribution in [0.5, 0.6) is 11.5 Å². The molecule has 1 atom stereocenters. The fraction of sp³-hybridized carbons (Fsp3) is 0.488. The summed E-state index contributed by atoms with van der Waals surface area (Å²) in [6.45, 7) is 13.4. The summed E-state index contributed by atoms with van der Waals surface area (Å²) in [5.41, 5.74) is 0.121. The number of pyridine rings is 2. The maximum atomic E-state index is 13.4. The number of nitrogens with zero attached hydrogens (tertiary/aromatic N) is 7. The second-order valence-electron chi connectivity index (χ2n) is 16.2. The van der Waals surface area contributed by atoms with Crippen molar-refractivity contribution in [3.05, 3.63) is 81.5 Å². The van der Waals surface area contributed by atoms with Crippen LogP contribution in [0, 0.1) is 22.2 Å². The molecule has 57 heavy (non-hydrogen) atoms. The van der Waals surface area contributed by atoms with E-state index in [0.29, 0.717) is 39.9 Å². The van der Waals surface area contributed by atoms with Crippen molar-refractivity contribution in [2.45, 2.75) is 78.0 Å². The Balaban J connectivity index is 0.813. The van der Waals surface area contributed by atoms with Crippen LogP contribution < -0.4 is 30.7 Å². The summed E-state index contributed by atoms with van der Waals surface area (Å²) in [4.78, 5) is 59.5. The van der Waals surface area contributed by atoms with E-state index in [4.69, 9.17) is 21.1 Å². The molecule has 0 bridgehead atoms. The van der Waals surface area contributed by atoms with Gasteiger partial charge in [0.2, 0.25) is 5.91 Å². The molecular formula is C41H48ClN9O6. The predicted octanol–water partition coefficient (Wildman–Crippen LogP) is 4.38. The van der Waals surface area contributed by atoms with E-state index in [-0.39, 0.29) is 47.6 Å². The monoisotopic (exact) mass is 797 g/mol. The van der Waals surface area contributed by atoms with Gasteiger partial charge in [-0.3, -0.25) is 24.6 Å². The third kappa shape index (κ3) is 8.20. The number of unbranched alkanes of at least 4 members (excludes halogenated alkanes) is 2. The molecule has 0 spiro atoms. The van der Waals surface area contributed by atoms with Crippen molar-refractivity contribution in [3.8, 4) is 17.6 Å². The van der Waals surface area contributed by atoms with E-state index in [1.165, 1.54) is 4.40 Å². The van der Waals surface area contributed by atoms with Crippen molar-refractivity contribution in [1.29, 1.82) is 5.26 Å². The van der Waals surface area contributed by atoms with E-state index in [2.05, 4.69) is 64.3 Å². The highest BCUT2D eigenvalue weighted by Gasteiger charge is 2.64. The SMILES string of the molecule is CC1(C)C(NC(=O)c2ccc(N3CCN(CCCCCOc4ccc5nn(C6CCC(=O)NC6=O)c(=O)n5c4)CC3)nc2)C(C)(C)C1Oc1ccc(C#N)c(Cl)c1. The topological polar surface area (TPSA) is 176 Å². The van der Waals surface area contributed by atoms with Crippen molar-refractivity contribution in [2.75, 3.05) is 44.2 Å². The first kappa shape index (κ1) is 39.8. The molecule has 2 N–H and O–H groups in total. The molecule has 1 saturated carbocycles. The lowest BCUT2D eigenvalue weighted by molar-refractivity contribution is -0.164. The Morgan fingerprint density at radius 3 is 2.44 bits per heavy atom. The van der Waals surface area contributed by atoms with Crippen molar-refractivity contribution < 1.29 is 23.9 Å². The van der Waals surface area contributed by atoms with Gasteiger partial charge in [0.05, 0.1) is 29.0 Å². The van der Waals surface area contributed by atoms with Crippen LogP contribution in [-0.4, -0.2) is 93.3 Å². The van der Waals surface area contributed by atoms with Gasteiger partial charge in [-0.25, -0.2) is 14.2 Å².